The van der Waals surface area contributed by atoms with Crippen molar-refractivity contribution in [2.45, 2.75) is 83.3 Å². The van der Waals surface area contributed by atoms with Gasteiger partial charge in [-0.05, 0) is 38.6 Å². The zero-order chi connectivity index (χ0) is 11.6. The molecule has 1 atom stereocenters. The maximum absolute atomic E-state index is 9.45. The Morgan fingerprint density at radius 2 is 1.75 bits per heavy atom. The third-order valence-electron chi connectivity index (χ3n) is 3.72. The van der Waals surface area contributed by atoms with Crippen LogP contribution < -0.4 is 5.32 Å². The zero-order valence-corrected chi connectivity index (χ0v) is 10.9. The molecule has 1 saturated carbocycles. The van der Waals surface area contributed by atoms with Gasteiger partial charge < -0.3 is 10.4 Å². The third-order valence-corrected chi connectivity index (χ3v) is 3.72. The molecule has 2 heteroatoms. The molecule has 1 aliphatic rings. The van der Waals surface area contributed by atoms with E-state index in [1.807, 2.05) is 6.92 Å². The molecule has 0 amide bonds. The van der Waals surface area contributed by atoms with E-state index in [1.54, 1.807) is 0 Å². The van der Waals surface area contributed by atoms with Gasteiger partial charge in [-0.1, -0.05) is 39.0 Å². The summed E-state index contributed by atoms with van der Waals surface area (Å²) in [5, 5.41) is 13.1. The van der Waals surface area contributed by atoms with Crippen LogP contribution in [-0.2, 0) is 0 Å². The first kappa shape index (κ1) is 14.0. The van der Waals surface area contributed by atoms with Crippen molar-refractivity contribution in [3.63, 3.8) is 0 Å². The van der Waals surface area contributed by atoms with Gasteiger partial charge in [-0.15, -0.1) is 0 Å². The van der Waals surface area contributed by atoms with E-state index in [2.05, 4.69) is 5.32 Å². The van der Waals surface area contributed by atoms with Gasteiger partial charge in [0.1, 0.15) is 0 Å². The maximum Gasteiger partial charge on any atom is 0.0538 e. The van der Waals surface area contributed by atoms with E-state index in [9.17, 15) is 5.11 Å². The van der Waals surface area contributed by atoms with Crippen LogP contribution >= 0.6 is 0 Å². The minimum absolute atomic E-state index is 0.0841. The quantitative estimate of drug-likeness (QED) is 0.683. The van der Waals surface area contributed by atoms with E-state index in [0.29, 0.717) is 0 Å². The number of hydrogen-bond donors (Lipinski definition) is 2. The Morgan fingerprint density at radius 3 is 2.38 bits per heavy atom. The SMILES string of the molecule is CCC(O)CCCNC1CCCCCCC1. The maximum atomic E-state index is 9.45. The normalized spacial score (nSPS) is 21.4. The van der Waals surface area contributed by atoms with Crippen LogP contribution in [0.1, 0.15) is 71.1 Å². The minimum Gasteiger partial charge on any atom is -0.393 e. The molecule has 16 heavy (non-hydrogen) atoms. The third kappa shape index (κ3) is 6.49. The summed E-state index contributed by atoms with van der Waals surface area (Å²) in [5.74, 6) is 0. The molecule has 0 radical (unpaired) electrons. The van der Waals surface area contributed by atoms with Gasteiger partial charge in [0.15, 0.2) is 0 Å². The predicted octanol–water partition coefficient (Wildman–Crippen LogP) is 3.24. The van der Waals surface area contributed by atoms with Gasteiger partial charge >= 0.3 is 0 Å². The summed E-state index contributed by atoms with van der Waals surface area (Å²) in [4.78, 5) is 0. The van der Waals surface area contributed by atoms with Gasteiger partial charge in [-0.2, -0.15) is 0 Å². The van der Waals surface area contributed by atoms with Crippen LogP contribution in [0.2, 0.25) is 0 Å². The largest absolute Gasteiger partial charge is 0.393 e. The molecule has 2 nitrogen and oxygen atoms in total. The second-order valence-corrected chi connectivity index (χ2v) is 5.20. The molecule has 1 rings (SSSR count). The Kier molecular flexibility index (Phi) is 7.87. The standard InChI is InChI=1S/C14H29NO/c1-2-14(16)11-8-12-15-13-9-6-4-3-5-7-10-13/h13-16H,2-12H2,1H3. The van der Waals surface area contributed by atoms with Gasteiger partial charge in [-0.25, -0.2) is 0 Å². The molecule has 1 aliphatic carbocycles. The first-order valence-electron chi connectivity index (χ1n) is 7.24. The van der Waals surface area contributed by atoms with Gasteiger partial charge in [0.25, 0.3) is 0 Å². The fourth-order valence-corrected chi connectivity index (χ4v) is 2.51. The van der Waals surface area contributed by atoms with Crippen LogP contribution in [0, 0.1) is 0 Å². The smallest absolute Gasteiger partial charge is 0.0538 e. The average Bonchev–Trinajstić information content (AvgIpc) is 2.26. The molecule has 0 spiro atoms. The van der Waals surface area contributed by atoms with E-state index in [-0.39, 0.29) is 6.10 Å². The van der Waals surface area contributed by atoms with Crippen LogP contribution in [-0.4, -0.2) is 23.8 Å². The van der Waals surface area contributed by atoms with Crippen LogP contribution in [0.4, 0.5) is 0 Å². The lowest BCUT2D eigenvalue weighted by atomic mass is 9.96. The van der Waals surface area contributed by atoms with Crippen molar-refractivity contribution in [3.8, 4) is 0 Å². The topological polar surface area (TPSA) is 32.3 Å². The molecular formula is C14H29NO. The zero-order valence-electron chi connectivity index (χ0n) is 10.9. The first-order chi connectivity index (χ1) is 7.83. The van der Waals surface area contributed by atoms with Gasteiger partial charge in [0, 0.05) is 6.04 Å². The monoisotopic (exact) mass is 227 g/mol. The molecule has 0 aromatic heterocycles. The van der Waals surface area contributed by atoms with Crippen molar-refractivity contribution >= 4 is 0 Å². The number of aliphatic hydroxyl groups excluding tert-OH is 1. The fraction of sp³-hybridized carbons (Fsp3) is 1.00. The number of aliphatic hydroxyl groups is 1. The summed E-state index contributed by atoms with van der Waals surface area (Å²) in [6.45, 7) is 3.13. The number of rotatable bonds is 6. The Labute approximate surface area is 101 Å². The molecule has 0 aromatic rings. The van der Waals surface area contributed by atoms with Gasteiger partial charge in [0.2, 0.25) is 0 Å². The van der Waals surface area contributed by atoms with Crippen LogP contribution in [0.3, 0.4) is 0 Å². The summed E-state index contributed by atoms with van der Waals surface area (Å²) in [5.41, 5.74) is 0. The summed E-state index contributed by atoms with van der Waals surface area (Å²) in [7, 11) is 0. The summed E-state index contributed by atoms with van der Waals surface area (Å²) >= 11 is 0. The van der Waals surface area contributed by atoms with Crippen LogP contribution in [0.15, 0.2) is 0 Å². The van der Waals surface area contributed by atoms with Crippen molar-refractivity contribution in [1.29, 1.82) is 0 Å². The molecule has 0 aliphatic heterocycles. The lowest BCUT2D eigenvalue weighted by molar-refractivity contribution is 0.157. The van der Waals surface area contributed by atoms with E-state index >= 15 is 0 Å². The molecule has 96 valence electrons. The predicted molar refractivity (Wildman–Crippen MR) is 69.6 cm³/mol. The van der Waals surface area contributed by atoms with E-state index < -0.39 is 0 Å². The van der Waals surface area contributed by atoms with E-state index in [0.717, 1.165) is 31.8 Å². The first-order valence-corrected chi connectivity index (χ1v) is 7.24. The summed E-state index contributed by atoms with van der Waals surface area (Å²) in [6.07, 6.45) is 12.7. The van der Waals surface area contributed by atoms with Gasteiger partial charge in [-0.3, -0.25) is 0 Å². The Morgan fingerprint density at radius 1 is 1.12 bits per heavy atom. The Hall–Kier alpha value is -0.0800. The molecule has 0 saturated heterocycles. The van der Waals surface area contributed by atoms with Crippen molar-refractivity contribution in [3.05, 3.63) is 0 Å². The Bertz CT molecular complexity index is 153. The van der Waals surface area contributed by atoms with E-state index in [1.165, 1.54) is 44.9 Å². The molecule has 2 N–H and O–H groups in total. The summed E-state index contributed by atoms with van der Waals surface area (Å²) < 4.78 is 0. The van der Waals surface area contributed by atoms with Crippen LogP contribution in [0.25, 0.3) is 0 Å². The highest BCUT2D eigenvalue weighted by molar-refractivity contribution is 4.69. The van der Waals surface area contributed by atoms with Crippen molar-refractivity contribution in [2.75, 3.05) is 6.54 Å². The van der Waals surface area contributed by atoms with E-state index in [4.69, 9.17) is 0 Å². The number of hydrogen-bond acceptors (Lipinski definition) is 2. The van der Waals surface area contributed by atoms with Crippen molar-refractivity contribution < 1.29 is 5.11 Å². The molecule has 0 aromatic carbocycles. The second-order valence-electron chi connectivity index (χ2n) is 5.20. The van der Waals surface area contributed by atoms with Crippen molar-refractivity contribution in [2.24, 2.45) is 0 Å². The highest BCUT2D eigenvalue weighted by Crippen LogP contribution is 2.17. The van der Waals surface area contributed by atoms with Crippen LogP contribution in [0.5, 0.6) is 0 Å². The lowest BCUT2D eigenvalue weighted by Crippen LogP contribution is -2.30. The summed E-state index contributed by atoms with van der Waals surface area (Å²) in [6, 6.07) is 0.749. The Balaban J connectivity index is 2.01. The number of nitrogens with one attached hydrogen (secondary N) is 1. The highest BCUT2D eigenvalue weighted by Gasteiger charge is 2.10. The molecule has 0 bridgehead atoms. The molecule has 1 unspecified atom stereocenters. The second kappa shape index (κ2) is 9.00. The van der Waals surface area contributed by atoms with Crippen molar-refractivity contribution in [1.82, 2.24) is 5.32 Å². The molecule has 1 fully saturated rings. The molecule has 0 heterocycles. The fourth-order valence-electron chi connectivity index (χ4n) is 2.51. The minimum atomic E-state index is -0.0841. The average molecular weight is 227 g/mol. The molecular weight excluding hydrogens is 198 g/mol. The highest BCUT2D eigenvalue weighted by atomic mass is 16.3. The lowest BCUT2D eigenvalue weighted by Gasteiger charge is -2.21. The van der Waals surface area contributed by atoms with Gasteiger partial charge in [0.05, 0.1) is 6.10 Å².